The molecule has 0 N–H and O–H groups in total. The van der Waals surface area contributed by atoms with Gasteiger partial charge in [-0.25, -0.2) is 4.79 Å². The second-order valence-electron chi connectivity index (χ2n) is 14.9. The Kier molecular flexibility index (Phi) is 13.3. The number of carbonyl (C=O) groups excluding carboxylic acids is 1. The lowest BCUT2D eigenvalue weighted by Crippen LogP contribution is -2.19. The molecule has 0 aliphatic carbocycles. The molecule has 7 aromatic rings. The lowest BCUT2D eigenvalue weighted by molar-refractivity contribution is 0.0514. The zero-order chi connectivity index (χ0) is 44.6. The molecule has 328 valence electrons. The Morgan fingerprint density at radius 3 is 1.59 bits per heavy atom. The molecule has 1 aromatic heterocycles. The molecule has 11 heteroatoms. The van der Waals surface area contributed by atoms with E-state index in [-0.39, 0.29) is 19.8 Å². The Morgan fingerprint density at radius 2 is 1.05 bits per heavy atom. The molecule has 64 heavy (non-hydrogen) atoms. The molecular formula is C53H51NO10. The van der Waals surface area contributed by atoms with Crippen LogP contribution in [-0.2, 0) is 37.5 Å². The third-order valence-corrected chi connectivity index (χ3v) is 11.2. The predicted molar refractivity (Wildman–Crippen MR) is 245 cm³/mol. The molecule has 2 heterocycles. The van der Waals surface area contributed by atoms with E-state index in [1.807, 2.05) is 132 Å². The fraction of sp³-hybridized carbons (Fsp3) is 0.226. The Hall–Kier alpha value is -7.53. The van der Waals surface area contributed by atoms with E-state index in [9.17, 15) is 4.79 Å². The second kappa shape index (κ2) is 19.7. The van der Waals surface area contributed by atoms with Crippen LogP contribution in [0.4, 0.5) is 0 Å². The van der Waals surface area contributed by atoms with Crippen LogP contribution in [0, 0.1) is 0 Å². The van der Waals surface area contributed by atoms with Crippen LogP contribution in [0.5, 0.6) is 46.0 Å². The van der Waals surface area contributed by atoms with Crippen LogP contribution in [0.25, 0.3) is 33.5 Å². The Morgan fingerprint density at radius 1 is 0.516 bits per heavy atom. The van der Waals surface area contributed by atoms with Crippen LogP contribution in [0.2, 0.25) is 0 Å². The van der Waals surface area contributed by atoms with Crippen LogP contribution >= 0.6 is 0 Å². The van der Waals surface area contributed by atoms with E-state index in [0.29, 0.717) is 88.0 Å². The highest BCUT2D eigenvalue weighted by atomic mass is 16.5. The fourth-order valence-corrected chi connectivity index (χ4v) is 8.25. The van der Waals surface area contributed by atoms with Crippen LogP contribution in [0.15, 0.2) is 127 Å². The van der Waals surface area contributed by atoms with E-state index in [1.54, 1.807) is 42.5 Å². The van der Waals surface area contributed by atoms with E-state index in [2.05, 4.69) is 0 Å². The number of aromatic nitrogens is 1. The van der Waals surface area contributed by atoms with Crippen molar-refractivity contribution in [1.82, 2.24) is 4.57 Å². The highest BCUT2D eigenvalue weighted by molar-refractivity contribution is 6.08. The summed E-state index contributed by atoms with van der Waals surface area (Å²) in [6, 6.07) is 41.2. The van der Waals surface area contributed by atoms with E-state index >= 15 is 0 Å². The summed E-state index contributed by atoms with van der Waals surface area (Å²) in [4.78, 5) is 14.7. The molecule has 8 rings (SSSR count). The van der Waals surface area contributed by atoms with Gasteiger partial charge in [0.2, 0.25) is 5.75 Å². The maximum Gasteiger partial charge on any atom is 0.355 e. The first-order valence-electron chi connectivity index (χ1n) is 21.1. The molecule has 0 spiro atoms. The first-order chi connectivity index (χ1) is 31.4. The molecule has 0 atom stereocenters. The second-order valence-corrected chi connectivity index (χ2v) is 14.9. The average Bonchev–Trinajstić information content (AvgIpc) is 3.70. The maximum absolute atomic E-state index is 14.7. The van der Waals surface area contributed by atoms with Gasteiger partial charge in [-0.05, 0) is 59.9 Å². The van der Waals surface area contributed by atoms with E-state index < -0.39 is 5.97 Å². The molecule has 6 aromatic carbocycles. The summed E-state index contributed by atoms with van der Waals surface area (Å²) in [5, 5.41) is 0. The number of rotatable bonds is 18. The number of nitrogens with zero attached hydrogens (tertiary/aromatic N) is 1. The molecule has 11 nitrogen and oxygen atoms in total. The van der Waals surface area contributed by atoms with Gasteiger partial charge in [0, 0.05) is 40.4 Å². The van der Waals surface area contributed by atoms with Gasteiger partial charge < -0.3 is 47.2 Å². The molecule has 0 saturated heterocycles. The van der Waals surface area contributed by atoms with Crippen LogP contribution in [0.1, 0.15) is 39.7 Å². The van der Waals surface area contributed by atoms with Crippen LogP contribution in [0.3, 0.4) is 0 Å². The molecule has 0 radical (unpaired) electrons. The summed E-state index contributed by atoms with van der Waals surface area (Å²) in [5.41, 5.74) is 8.28. The van der Waals surface area contributed by atoms with Gasteiger partial charge in [0.1, 0.15) is 31.3 Å². The molecular weight excluding hydrogens is 811 g/mol. The third kappa shape index (κ3) is 8.61. The summed E-state index contributed by atoms with van der Waals surface area (Å²) < 4.78 is 57.5. The highest BCUT2D eigenvalue weighted by Gasteiger charge is 2.37. The van der Waals surface area contributed by atoms with Crippen molar-refractivity contribution in [1.29, 1.82) is 0 Å². The van der Waals surface area contributed by atoms with Crippen molar-refractivity contribution in [2.45, 2.75) is 39.7 Å². The van der Waals surface area contributed by atoms with Crippen LogP contribution < -0.4 is 37.9 Å². The molecule has 0 unspecified atom stereocenters. The van der Waals surface area contributed by atoms with Gasteiger partial charge in [0.25, 0.3) is 0 Å². The molecule has 1 aliphatic heterocycles. The minimum atomic E-state index is -0.506. The zero-order valence-corrected chi connectivity index (χ0v) is 36.9. The number of hydrogen-bond donors (Lipinski definition) is 0. The maximum atomic E-state index is 14.7. The molecule has 0 bridgehead atoms. The lowest BCUT2D eigenvalue weighted by Gasteiger charge is -2.26. The Labute approximate surface area is 373 Å². The van der Waals surface area contributed by atoms with Gasteiger partial charge >= 0.3 is 5.97 Å². The van der Waals surface area contributed by atoms with Crippen molar-refractivity contribution < 1.29 is 47.4 Å². The Balaban J connectivity index is 1.42. The summed E-state index contributed by atoms with van der Waals surface area (Å²) in [7, 11) is 8.00. The number of methoxy groups -OCH3 is 5. The van der Waals surface area contributed by atoms with Gasteiger partial charge in [-0.1, -0.05) is 97.1 Å². The quantitative estimate of drug-likeness (QED) is 0.0775. The molecule has 0 saturated carbocycles. The normalized spacial score (nSPS) is 11.5. The average molecular weight is 862 g/mol. The smallest absolute Gasteiger partial charge is 0.355 e. The van der Waals surface area contributed by atoms with Crippen molar-refractivity contribution in [3.05, 3.63) is 155 Å². The summed E-state index contributed by atoms with van der Waals surface area (Å²) in [5.74, 6) is 3.41. The summed E-state index contributed by atoms with van der Waals surface area (Å²) in [6.07, 6.45) is 0.508. The monoisotopic (exact) mass is 861 g/mol. The third-order valence-electron chi connectivity index (χ3n) is 11.2. The number of ether oxygens (including phenoxy) is 9. The van der Waals surface area contributed by atoms with Gasteiger partial charge in [0.15, 0.2) is 34.5 Å². The largest absolute Gasteiger partial charge is 0.493 e. The van der Waals surface area contributed by atoms with Gasteiger partial charge in [-0.2, -0.15) is 0 Å². The first kappa shape index (κ1) is 43.1. The SMILES string of the molecule is CCOC(=O)c1c(-c2cc(OC)c(OCc3ccccc3)cc2OCc2ccccc2)c(-c2ccc(OCc3ccccc3)c(OC)c2)c2n1CCc1c-2cc(OC)c(OC)c1OC. The van der Waals surface area contributed by atoms with Crippen molar-refractivity contribution in [3.8, 4) is 79.5 Å². The van der Waals surface area contributed by atoms with E-state index in [0.717, 1.165) is 39.1 Å². The first-order valence-corrected chi connectivity index (χ1v) is 21.1. The summed E-state index contributed by atoms with van der Waals surface area (Å²) >= 11 is 0. The summed E-state index contributed by atoms with van der Waals surface area (Å²) in [6.45, 7) is 3.21. The minimum absolute atomic E-state index is 0.151. The van der Waals surface area contributed by atoms with Crippen molar-refractivity contribution >= 4 is 5.97 Å². The number of benzene rings is 6. The molecule has 0 amide bonds. The van der Waals surface area contributed by atoms with Crippen molar-refractivity contribution in [2.75, 3.05) is 42.2 Å². The van der Waals surface area contributed by atoms with Crippen molar-refractivity contribution in [3.63, 3.8) is 0 Å². The lowest BCUT2D eigenvalue weighted by atomic mass is 9.89. The van der Waals surface area contributed by atoms with Gasteiger partial charge in [-0.15, -0.1) is 0 Å². The minimum Gasteiger partial charge on any atom is -0.493 e. The fourth-order valence-electron chi connectivity index (χ4n) is 8.25. The molecule has 0 fully saturated rings. The zero-order valence-electron chi connectivity index (χ0n) is 36.9. The highest BCUT2D eigenvalue weighted by Crippen LogP contribution is 2.55. The number of esters is 1. The van der Waals surface area contributed by atoms with Gasteiger partial charge in [-0.3, -0.25) is 0 Å². The Bertz CT molecular complexity index is 2730. The van der Waals surface area contributed by atoms with Crippen LogP contribution in [-0.4, -0.2) is 52.7 Å². The van der Waals surface area contributed by atoms with Crippen molar-refractivity contribution in [2.24, 2.45) is 0 Å². The molecule has 1 aliphatic rings. The number of hydrogen-bond acceptors (Lipinski definition) is 10. The standard InChI is InChI=1S/C53H51NO10/c1-7-61-53(55)50-48(40-29-44(57-3)45(64-33-36-21-15-10-16-22-36)30-42(40)63-32-35-19-13-9-14-20-35)47(37-23-24-41(43(27-37)56-2)62-31-34-17-11-8-12-18-34)49-39-28-46(58-4)52(60-6)51(59-5)38(39)25-26-54(49)50/h8-24,27-30H,7,25-26,31-33H2,1-6H3. The number of carbonyl (C=O) groups is 1. The topological polar surface area (TPSA) is 105 Å². The number of fused-ring (bicyclic) bond motifs is 3. The van der Waals surface area contributed by atoms with E-state index in [4.69, 9.17) is 42.6 Å². The van der Waals surface area contributed by atoms with E-state index in [1.165, 1.54) is 0 Å². The van der Waals surface area contributed by atoms with Gasteiger partial charge in [0.05, 0.1) is 47.8 Å². The predicted octanol–water partition coefficient (Wildman–Crippen LogP) is 11.0.